The lowest BCUT2D eigenvalue weighted by molar-refractivity contribution is -0.00894. The Labute approximate surface area is 76.8 Å². The molecule has 1 aliphatic rings. The topological polar surface area (TPSA) is 71.2 Å². The molecule has 0 aromatic carbocycles. The van der Waals surface area contributed by atoms with Gasteiger partial charge in [0.1, 0.15) is 5.82 Å². The SMILES string of the molecule is Nc1ncccc1CC1(O)CNC1. The van der Waals surface area contributed by atoms with Crippen LogP contribution in [0.5, 0.6) is 0 Å². The maximum atomic E-state index is 9.84. The number of β-amino-alcohol motifs (C(OH)–C–C–N with tert-alkyl or cyclic N) is 1. The first kappa shape index (κ1) is 8.47. The molecule has 4 nitrogen and oxygen atoms in total. The molecule has 1 fully saturated rings. The molecule has 0 saturated carbocycles. The minimum Gasteiger partial charge on any atom is -0.387 e. The Morgan fingerprint density at radius 2 is 2.38 bits per heavy atom. The third-order valence-corrected chi connectivity index (χ3v) is 2.35. The number of rotatable bonds is 2. The highest BCUT2D eigenvalue weighted by Gasteiger charge is 2.34. The number of hydrogen-bond donors (Lipinski definition) is 3. The number of pyridine rings is 1. The molecular formula is C9H13N3O. The summed E-state index contributed by atoms with van der Waals surface area (Å²) >= 11 is 0. The Morgan fingerprint density at radius 3 is 2.92 bits per heavy atom. The van der Waals surface area contributed by atoms with E-state index in [1.807, 2.05) is 12.1 Å². The van der Waals surface area contributed by atoms with Crippen molar-refractivity contribution < 1.29 is 5.11 Å². The second-order valence-electron chi connectivity index (χ2n) is 3.55. The summed E-state index contributed by atoms with van der Waals surface area (Å²) in [6.45, 7) is 1.28. The Bertz CT molecular complexity index is 309. The fourth-order valence-corrected chi connectivity index (χ4v) is 1.49. The maximum Gasteiger partial charge on any atom is 0.126 e. The number of aromatic nitrogens is 1. The number of aliphatic hydroxyl groups is 1. The van der Waals surface area contributed by atoms with E-state index < -0.39 is 5.60 Å². The lowest BCUT2D eigenvalue weighted by Gasteiger charge is -2.37. The van der Waals surface area contributed by atoms with Gasteiger partial charge in [-0.1, -0.05) is 6.07 Å². The maximum absolute atomic E-state index is 9.84. The van der Waals surface area contributed by atoms with Crippen LogP contribution >= 0.6 is 0 Å². The van der Waals surface area contributed by atoms with Crippen molar-refractivity contribution in [2.75, 3.05) is 18.8 Å². The van der Waals surface area contributed by atoms with Gasteiger partial charge in [0.25, 0.3) is 0 Å². The summed E-state index contributed by atoms with van der Waals surface area (Å²) < 4.78 is 0. The molecule has 2 heterocycles. The van der Waals surface area contributed by atoms with Crippen LogP contribution in [-0.4, -0.2) is 28.8 Å². The number of hydrogen-bond acceptors (Lipinski definition) is 4. The average molecular weight is 179 g/mol. The Kier molecular flexibility index (Phi) is 1.94. The molecular weight excluding hydrogens is 166 g/mol. The molecule has 0 atom stereocenters. The number of anilines is 1. The van der Waals surface area contributed by atoms with Gasteiger partial charge in [-0.2, -0.15) is 0 Å². The standard InChI is InChI=1S/C9H13N3O/c10-8-7(2-1-3-12-8)4-9(13)5-11-6-9/h1-3,11,13H,4-6H2,(H2,10,12). The van der Waals surface area contributed by atoms with Crippen molar-refractivity contribution in [3.05, 3.63) is 23.9 Å². The van der Waals surface area contributed by atoms with Crippen LogP contribution in [0.2, 0.25) is 0 Å². The highest BCUT2D eigenvalue weighted by Crippen LogP contribution is 2.20. The summed E-state index contributed by atoms with van der Waals surface area (Å²) in [6.07, 6.45) is 2.24. The smallest absolute Gasteiger partial charge is 0.126 e. The van der Waals surface area contributed by atoms with E-state index in [0.29, 0.717) is 25.3 Å². The van der Waals surface area contributed by atoms with Crippen molar-refractivity contribution in [2.45, 2.75) is 12.0 Å². The zero-order valence-electron chi connectivity index (χ0n) is 7.33. The van der Waals surface area contributed by atoms with Crippen molar-refractivity contribution in [1.29, 1.82) is 0 Å². The van der Waals surface area contributed by atoms with Crippen LogP contribution in [0, 0.1) is 0 Å². The molecule has 1 saturated heterocycles. The Hall–Kier alpha value is -1.13. The van der Waals surface area contributed by atoms with Crippen molar-refractivity contribution in [2.24, 2.45) is 0 Å². The molecule has 1 aromatic rings. The molecule has 1 aliphatic heterocycles. The summed E-state index contributed by atoms with van der Waals surface area (Å²) in [4.78, 5) is 3.97. The third kappa shape index (κ3) is 1.64. The predicted molar refractivity (Wildman–Crippen MR) is 50.2 cm³/mol. The molecule has 2 rings (SSSR count). The van der Waals surface area contributed by atoms with E-state index in [2.05, 4.69) is 10.3 Å². The Balaban J connectivity index is 2.13. The number of nitrogens with zero attached hydrogens (tertiary/aromatic N) is 1. The molecule has 13 heavy (non-hydrogen) atoms. The minimum absolute atomic E-state index is 0.517. The van der Waals surface area contributed by atoms with Crippen molar-refractivity contribution in [3.63, 3.8) is 0 Å². The van der Waals surface area contributed by atoms with Gasteiger partial charge < -0.3 is 16.2 Å². The van der Waals surface area contributed by atoms with Crippen molar-refractivity contribution in [3.8, 4) is 0 Å². The molecule has 0 bridgehead atoms. The van der Waals surface area contributed by atoms with Crippen LogP contribution in [0.1, 0.15) is 5.56 Å². The number of nitrogens with one attached hydrogen (secondary N) is 1. The van der Waals surface area contributed by atoms with Gasteiger partial charge in [-0.3, -0.25) is 0 Å². The van der Waals surface area contributed by atoms with E-state index in [4.69, 9.17) is 5.73 Å². The van der Waals surface area contributed by atoms with Gasteiger partial charge in [-0.25, -0.2) is 4.98 Å². The molecule has 4 heteroatoms. The number of nitrogen functional groups attached to an aromatic ring is 1. The number of nitrogens with two attached hydrogens (primary N) is 1. The van der Waals surface area contributed by atoms with E-state index in [9.17, 15) is 5.11 Å². The first-order chi connectivity index (χ1) is 6.20. The highest BCUT2D eigenvalue weighted by molar-refractivity contribution is 5.39. The molecule has 4 N–H and O–H groups in total. The summed E-state index contributed by atoms with van der Waals surface area (Å²) in [5, 5.41) is 12.9. The van der Waals surface area contributed by atoms with E-state index >= 15 is 0 Å². The van der Waals surface area contributed by atoms with Crippen LogP contribution in [0.25, 0.3) is 0 Å². The fourth-order valence-electron chi connectivity index (χ4n) is 1.49. The van der Waals surface area contributed by atoms with Gasteiger partial charge >= 0.3 is 0 Å². The zero-order chi connectivity index (χ0) is 9.31. The highest BCUT2D eigenvalue weighted by atomic mass is 16.3. The first-order valence-corrected chi connectivity index (χ1v) is 4.32. The van der Waals surface area contributed by atoms with Gasteiger partial charge in [0.15, 0.2) is 0 Å². The lowest BCUT2D eigenvalue weighted by atomic mass is 9.89. The van der Waals surface area contributed by atoms with Crippen molar-refractivity contribution in [1.82, 2.24) is 10.3 Å². The second kappa shape index (κ2) is 2.97. The summed E-state index contributed by atoms with van der Waals surface area (Å²) in [6, 6.07) is 3.74. The summed E-state index contributed by atoms with van der Waals surface area (Å²) in [7, 11) is 0. The summed E-state index contributed by atoms with van der Waals surface area (Å²) in [5.41, 5.74) is 5.97. The minimum atomic E-state index is -0.614. The monoisotopic (exact) mass is 179 g/mol. The predicted octanol–water partition coefficient (Wildman–Crippen LogP) is -0.459. The molecule has 0 unspecified atom stereocenters. The van der Waals surface area contributed by atoms with Crippen LogP contribution in [0.4, 0.5) is 5.82 Å². The second-order valence-corrected chi connectivity index (χ2v) is 3.55. The Morgan fingerprint density at radius 1 is 1.62 bits per heavy atom. The van der Waals surface area contributed by atoms with Crippen LogP contribution in [0.15, 0.2) is 18.3 Å². The molecule has 0 aliphatic carbocycles. The normalized spacial score (nSPS) is 19.5. The molecule has 0 spiro atoms. The molecule has 1 aromatic heterocycles. The van der Waals surface area contributed by atoms with E-state index in [-0.39, 0.29) is 0 Å². The fraction of sp³-hybridized carbons (Fsp3) is 0.444. The molecule has 0 radical (unpaired) electrons. The van der Waals surface area contributed by atoms with Crippen LogP contribution < -0.4 is 11.1 Å². The van der Waals surface area contributed by atoms with Gasteiger partial charge in [-0.05, 0) is 11.6 Å². The van der Waals surface area contributed by atoms with Gasteiger partial charge in [0, 0.05) is 25.7 Å². The quantitative estimate of drug-likeness (QED) is 0.574. The van der Waals surface area contributed by atoms with Crippen LogP contribution in [0.3, 0.4) is 0 Å². The van der Waals surface area contributed by atoms with E-state index in [1.54, 1.807) is 6.20 Å². The van der Waals surface area contributed by atoms with E-state index in [0.717, 1.165) is 5.56 Å². The molecule has 70 valence electrons. The average Bonchev–Trinajstić information content (AvgIpc) is 2.06. The first-order valence-electron chi connectivity index (χ1n) is 4.32. The lowest BCUT2D eigenvalue weighted by Crippen LogP contribution is -2.60. The van der Waals surface area contributed by atoms with Gasteiger partial charge in [0.2, 0.25) is 0 Å². The zero-order valence-corrected chi connectivity index (χ0v) is 7.33. The van der Waals surface area contributed by atoms with Crippen LogP contribution in [-0.2, 0) is 6.42 Å². The van der Waals surface area contributed by atoms with Gasteiger partial charge in [0.05, 0.1) is 5.60 Å². The van der Waals surface area contributed by atoms with Gasteiger partial charge in [-0.15, -0.1) is 0 Å². The summed E-state index contributed by atoms with van der Waals surface area (Å²) in [5.74, 6) is 0.517. The third-order valence-electron chi connectivity index (χ3n) is 2.35. The van der Waals surface area contributed by atoms with Crippen molar-refractivity contribution >= 4 is 5.82 Å². The largest absolute Gasteiger partial charge is 0.387 e. The van der Waals surface area contributed by atoms with E-state index in [1.165, 1.54) is 0 Å². The molecule has 0 amide bonds.